The van der Waals surface area contributed by atoms with Crippen molar-refractivity contribution in [3.8, 4) is 0 Å². The molecule has 0 spiro atoms. The van der Waals surface area contributed by atoms with E-state index < -0.39 is 0 Å². The van der Waals surface area contributed by atoms with Gasteiger partial charge in [-0.3, -0.25) is 0 Å². The lowest BCUT2D eigenvalue weighted by Crippen LogP contribution is -2.12. The van der Waals surface area contributed by atoms with E-state index in [0.29, 0.717) is 4.99 Å². The monoisotopic (exact) mass is 257 g/mol. The Hall–Kier alpha value is -1.94. The minimum atomic E-state index is 0.415. The summed E-state index contributed by atoms with van der Waals surface area (Å²) in [4.78, 5) is 6.79. The smallest absolute Gasteiger partial charge is 0.132 e. The Kier molecular flexibility index (Phi) is 3.58. The second-order valence-corrected chi connectivity index (χ2v) is 4.60. The van der Waals surface area contributed by atoms with Gasteiger partial charge in [0.1, 0.15) is 10.8 Å². The summed E-state index contributed by atoms with van der Waals surface area (Å²) in [5, 5.41) is 0. The molecule has 0 aliphatic heterocycles. The van der Waals surface area contributed by atoms with Gasteiger partial charge in [-0.25, -0.2) is 4.98 Å². The molecule has 0 saturated heterocycles. The molecule has 0 unspecified atom stereocenters. The van der Waals surface area contributed by atoms with Crippen molar-refractivity contribution in [3.05, 3.63) is 53.7 Å². The summed E-state index contributed by atoms with van der Waals surface area (Å²) < 4.78 is 0. The van der Waals surface area contributed by atoms with Crippen LogP contribution in [-0.2, 0) is 0 Å². The average molecular weight is 257 g/mol. The molecule has 92 valence electrons. The van der Waals surface area contributed by atoms with Gasteiger partial charge in [-0.15, -0.1) is 0 Å². The quantitative estimate of drug-likeness (QED) is 0.859. The van der Waals surface area contributed by atoms with Gasteiger partial charge in [0.25, 0.3) is 0 Å². The molecule has 18 heavy (non-hydrogen) atoms. The zero-order valence-corrected chi connectivity index (χ0v) is 11.2. The third-order valence-electron chi connectivity index (χ3n) is 2.78. The highest BCUT2D eigenvalue weighted by molar-refractivity contribution is 7.80. The fourth-order valence-electron chi connectivity index (χ4n) is 1.69. The number of aromatic nitrogens is 1. The number of nitrogens with two attached hydrogens (primary N) is 1. The van der Waals surface area contributed by atoms with Crippen LogP contribution >= 0.6 is 12.2 Å². The molecule has 2 aromatic rings. The maximum absolute atomic E-state index is 5.58. The van der Waals surface area contributed by atoms with Gasteiger partial charge in [-0.05, 0) is 48.9 Å². The average Bonchev–Trinajstić information content (AvgIpc) is 2.38. The summed E-state index contributed by atoms with van der Waals surface area (Å²) >= 11 is 4.93. The van der Waals surface area contributed by atoms with Crippen LogP contribution in [0.3, 0.4) is 0 Å². The van der Waals surface area contributed by atoms with Crippen molar-refractivity contribution in [1.29, 1.82) is 0 Å². The Labute approximate surface area is 112 Å². The molecule has 0 radical (unpaired) electrons. The predicted octanol–water partition coefficient (Wildman–Crippen LogP) is 2.79. The molecule has 0 aliphatic carbocycles. The number of hydrogen-bond donors (Lipinski definition) is 1. The third kappa shape index (κ3) is 2.65. The van der Waals surface area contributed by atoms with E-state index in [2.05, 4.69) is 11.9 Å². The topological polar surface area (TPSA) is 42.2 Å². The molecule has 1 aromatic heterocycles. The minimum absolute atomic E-state index is 0.415. The minimum Gasteiger partial charge on any atom is -0.389 e. The van der Waals surface area contributed by atoms with Crippen molar-refractivity contribution in [2.24, 2.45) is 5.73 Å². The van der Waals surface area contributed by atoms with Crippen molar-refractivity contribution in [2.75, 3.05) is 11.9 Å². The zero-order chi connectivity index (χ0) is 13.1. The second-order valence-electron chi connectivity index (χ2n) is 4.16. The maximum atomic E-state index is 5.58. The van der Waals surface area contributed by atoms with E-state index in [0.717, 1.165) is 17.1 Å². The van der Waals surface area contributed by atoms with E-state index in [9.17, 15) is 0 Å². The standard InChI is InChI=1S/C14H15N3S/c1-10-7-8-16-13(9-10)17(2)12-5-3-11(4-6-12)14(15)18/h3-9H,1-2H3,(H2,15,18). The summed E-state index contributed by atoms with van der Waals surface area (Å²) in [6.45, 7) is 2.05. The molecule has 4 heteroatoms. The number of thiocarbonyl (C=S) groups is 1. The number of nitrogens with zero attached hydrogens (tertiary/aromatic N) is 2. The van der Waals surface area contributed by atoms with Gasteiger partial charge in [-0.2, -0.15) is 0 Å². The highest BCUT2D eigenvalue weighted by atomic mass is 32.1. The number of pyridine rings is 1. The maximum Gasteiger partial charge on any atom is 0.132 e. The molecule has 1 aromatic carbocycles. The number of anilines is 2. The van der Waals surface area contributed by atoms with E-state index in [1.807, 2.05) is 54.5 Å². The molecule has 0 aliphatic rings. The van der Waals surface area contributed by atoms with E-state index in [1.165, 1.54) is 5.56 Å². The largest absolute Gasteiger partial charge is 0.389 e. The highest BCUT2D eigenvalue weighted by Gasteiger charge is 2.05. The van der Waals surface area contributed by atoms with Crippen LogP contribution in [0.25, 0.3) is 0 Å². The van der Waals surface area contributed by atoms with Gasteiger partial charge in [0, 0.05) is 24.5 Å². The fraction of sp³-hybridized carbons (Fsp3) is 0.143. The van der Waals surface area contributed by atoms with Crippen LogP contribution in [0.4, 0.5) is 11.5 Å². The van der Waals surface area contributed by atoms with Crippen LogP contribution < -0.4 is 10.6 Å². The molecule has 0 fully saturated rings. The molecule has 0 amide bonds. The lowest BCUT2D eigenvalue weighted by atomic mass is 10.2. The highest BCUT2D eigenvalue weighted by Crippen LogP contribution is 2.22. The lowest BCUT2D eigenvalue weighted by Gasteiger charge is -2.18. The zero-order valence-electron chi connectivity index (χ0n) is 10.4. The Balaban J connectivity index is 2.28. The van der Waals surface area contributed by atoms with Gasteiger partial charge in [0.15, 0.2) is 0 Å². The van der Waals surface area contributed by atoms with Crippen LogP contribution in [0.1, 0.15) is 11.1 Å². The van der Waals surface area contributed by atoms with Gasteiger partial charge in [0.05, 0.1) is 0 Å². The molecular weight excluding hydrogens is 242 g/mol. The van der Waals surface area contributed by atoms with Gasteiger partial charge < -0.3 is 10.6 Å². The molecule has 0 atom stereocenters. The number of rotatable bonds is 3. The van der Waals surface area contributed by atoms with E-state index in [1.54, 1.807) is 0 Å². The molecule has 2 rings (SSSR count). The lowest BCUT2D eigenvalue weighted by molar-refractivity contribution is 1.12. The number of aryl methyl sites for hydroxylation is 1. The molecule has 2 N–H and O–H groups in total. The third-order valence-corrected chi connectivity index (χ3v) is 3.02. The molecule has 1 heterocycles. The van der Waals surface area contributed by atoms with E-state index >= 15 is 0 Å². The van der Waals surface area contributed by atoms with Gasteiger partial charge >= 0.3 is 0 Å². The Morgan fingerprint density at radius 3 is 2.44 bits per heavy atom. The summed E-state index contributed by atoms with van der Waals surface area (Å²) in [5.74, 6) is 0.915. The second kappa shape index (κ2) is 5.14. The molecular formula is C14H15N3S. The molecule has 0 saturated carbocycles. The number of hydrogen-bond acceptors (Lipinski definition) is 3. The van der Waals surface area contributed by atoms with Crippen molar-refractivity contribution < 1.29 is 0 Å². The van der Waals surface area contributed by atoms with Crippen molar-refractivity contribution in [3.63, 3.8) is 0 Å². The first-order chi connectivity index (χ1) is 8.58. The SMILES string of the molecule is Cc1ccnc(N(C)c2ccc(C(N)=S)cc2)c1. The van der Waals surface area contributed by atoms with Crippen molar-refractivity contribution >= 4 is 28.7 Å². The van der Waals surface area contributed by atoms with Crippen molar-refractivity contribution in [1.82, 2.24) is 4.98 Å². The molecule has 3 nitrogen and oxygen atoms in total. The van der Waals surface area contributed by atoms with Crippen LogP contribution in [0.2, 0.25) is 0 Å². The first-order valence-corrected chi connectivity index (χ1v) is 6.05. The normalized spacial score (nSPS) is 10.1. The van der Waals surface area contributed by atoms with Crippen LogP contribution in [0.15, 0.2) is 42.6 Å². The fourth-order valence-corrected chi connectivity index (χ4v) is 1.82. The first kappa shape index (κ1) is 12.5. The van der Waals surface area contributed by atoms with Crippen LogP contribution in [0, 0.1) is 6.92 Å². The summed E-state index contributed by atoms with van der Waals surface area (Å²) in [6.07, 6.45) is 1.81. The summed E-state index contributed by atoms with van der Waals surface area (Å²) in [6, 6.07) is 11.8. The van der Waals surface area contributed by atoms with Crippen LogP contribution in [-0.4, -0.2) is 17.0 Å². The summed E-state index contributed by atoms with van der Waals surface area (Å²) in [5.41, 5.74) is 8.69. The first-order valence-electron chi connectivity index (χ1n) is 5.64. The molecule has 0 bridgehead atoms. The van der Waals surface area contributed by atoms with E-state index in [4.69, 9.17) is 18.0 Å². The van der Waals surface area contributed by atoms with Crippen LogP contribution in [0.5, 0.6) is 0 Å². The number of benzene rings is 1. The Bertz CT molecular complexity index is 564. The van der Waals surface area contributed by atoms with E-state index in [-0.39, 0.29) is 0 Å². The van der Waals surface area contributed by atoms with Gasteiger partial charge in [-0.1, -0.05) is 12.2 Å². The Morgan fingerprint density at radius 2 is 1.89 bits per heavy atom. The van der Waals surface area contributed by atoms with Gasteiger partial charge in [0.2, 0.25) is 0 Å². The summed E-state index contributed by atoms with van der Waals surface area (Å²) in [7, 11) is 1.98. The Morgan fingerprint density at radius 1 is 1.22 bits per heavy atom. The van der Waals surface area contributed by atoms with Crippen molar-refractivity contribution in [2.45, 2.75) is 6.92 Å². The predicted molar refractivity (Wildman–Crippen MR) is 79.4 cm³/mol.